The highest BCUT2D eigenvalue weighted by Crippen LogP contribution is 2.40. The van der Waals surface area contributed by atoms with Gasteiger partial charge in [0.05, 0.1) is 11.0 Å². The van der Waals surface area contributed by atoms with Crippen molar-refractivity contribution in [3.05, 3.63) is 121 Å². The second kappa shape index (κ2) is 9.49. The van der Waals surface area contributed by atoms with E-state index in [2.05, 4.69) is 59.6 Å². The number of benzene rings is 4. The summed E-state index contributed by atoms with van der Waals surface area (Å²) in [4.78, 5) is 9.35. The maximum absolute atomic E-state index is 10.9. The number of hydrogen-bond acceptors (Lipinski definition) is 4. The minimum absolute atomic E-state index is 0.0324. The van der Waals surface area contributed by atoms with Gasteiger partial charge >= 0.3 is 0 Å². The summed E-state index contributed by atoms with van der Waals surface area (Å²) in [6.07, 6.45) is 1.82. The van der Waals surface area contributed by atoms with E-state index >= 15 is 0 Å². The summed E-state index contributed by atoms with van der Waals surface area (Å²) >= 11 is 0. The predicted octanol–water partition coefficient (Wildman–Crippen LogP) is 9.19. The molecule has 0 aliphatic heterocycles. The van der Waals surface area contributed by atoms with E-state index in [0.717, 1.165) is 38.8 Å². The number of pyridine rings is 2. The molecule has 41 heavy (non-hydrogen) atoms. The third-order valence-electron chi connectivity index (χ3n) is 7.53. The number of aromatic nitrogens is 3. The number of fused-ring (bicyclic) bond motifs is 4. The standard InChI is InChI=1S/C36H29N3O2/c1-36(2,3)28-12-9-13-29-34(28)27-17-16-26(22-30(27)39(29)32-14-7-8-19-37-32)41-33-18-15-24-20-25(21-31(40)35(24)38-33)23-10-5-4-6-11-23/h4-22,40H,1-3H3. The van der Waals surface area contributed by atoms with Crippen LogP contribution < -0.4 is 4.74 Å². The zero-order valence-corrected chi connectivity index (χ0v) is 23.2. The van der Waals surface area contributed by atoms with E-state index in [0.29, 0.717) is 17.1 Å². The second-order valence-electron chi connectivity index (χ2n) is 11.3. The molecule has 4 aromatic carbocycles. The average molecular weight is 536 g/mol. The van der Waals surface area contributed by atoms with E-state index in [4.69, 9.17) is 4.74 Å². The predicted molar refractivity (Wildman–Crippen MR) is 166 cm³/mol. The number of aromatic hydroxyl groups is 1. The Morgan fingerprint density at radius 3 is 2.34 bits per heavy atom. The lowest BCUT2D eigenvalue weighted by Gasteiger charge is -2.20. The van der Waals surface area contributed by atoms with Crippen molar-refractivity contribution in [2.24, 2.45) is 0 Å². The van der Waals surface area contributed by atoms with Gasteiger partial charge in [-0.05, 0) is 70.6 Å². The molecule has 200 valence electrons. The van der Waals surface area contributed by atoms with Gasteiger partial charge in [0, 0.05) is 34.5 Å². The quantitative estimate of drug-likeness (QED) is 0.244. The van der Waals surface area contributed by atoms with Crippen LogP contribution in [0.1, 0.15) is 26.3 Å². The molecule has 0 bridgehead atoms. The van der Waals surface area contributed by atoms with Gasteiger partial charge in [0.2, 0.25) is 5.88 Å². The van der Waals surface area contributed by atoms with Crippen LogP contribution >= 0.6 is 0 Å². The number of nitrogens with zero attached hydrogens (tertiary/aromatic N) is 3. The number of rotatable bonds is 4. The van der Waals surface area contributed by atoms with Crippen molar-refractivity contribution >= 4 is 32.7 Å². The van der Waals surface area contributed by atoms with Gasteiger partial charge in [-0.3, -0.25) is 4.57 Å². The number of hydrogen-bond donors (Lipinski definition) is 1. The lowest BCUT2D eigenvalue weighted by atomic mass is 9.84. The van der Waals surface area contributed by atoms with Gasteiger partial charge in [-0.1, -0.05) is 69.3 Å². The van der Waals surface area contributed by atoms with E-state index in [1.54, 1.807) is 6.07 Å². The topological polar surface area (TPSA) is 60.2 Å². The Bertz CT molecular complexity index is 2060. The van der Waals surface area contributed by atoms with E-state index in [1.807, 2.05) is 85.1 Å². The molecular weight excluding hydrogens is 506 g/mol. The molecule has 0 saturated carbocycles. The molecule has 7 aromatic rings. The Labute approximate surface area is 238 Å². The Morgan fingerprint density at radius 1 is 0.732 bits per heavy atom. The van der Waals surface area contributed by atoms with Gasteiger partial charge in [0.25, 0.3) is 0 Å². The number of phenolic OH excluding ortho intramolecular Hbond substituents is 1. The first-order valence-corrected chi connectivity index (χ1v) is 13.7. The third-order valence-corrected chi connectivity index (χ3v) is 7.53. The second-order valence-corrected chi connectivity index (χ2v) is 11.3. The molecule has 3 heterocycles. The Kier molecular flexibility index (Phi) is 5.75. The summed E-state index contributed by atoms with van der Waals surface area (Å²) in [5, 5.41) is 14.1. The monoisotopic (exact) mass is 535 g/mol. The molecule has 1 N–H and O–H groups in total. The first-order valence-electron chi connectivity index (χ1n) is 13.7. The molecule has 0 amide bonds. The third kappa shape index (κ3) is 4.36. The van der Waals surface area contributed by atoms with Crippen LogP contribution in [0.2, 0.25) is 0 Å². The van der Waals surface area contributed by atoms with E-state index in [-0.39, 0.29) is 11.2 Å². The first-order chi connectivity index (χ1) is 19.9. The molecule has 0 saturated heterocycles. The fourth-order valence-electron chi connectivity index (χ4n) is 5.64. The summed E-state index contributed by atoms with van der Waals surface area (Å²) < 4.78 is 8.48. The van der Waals surface area contributed by atoms with Crippen LogP contribution in [-0.4, -0.2) is 19.6 Å². The summed E-state index contributed by atoms with van der Waals surface area (Å²) in [5.41, 5.74) is 5.83. The maximum Gasteiger partial charge on any atom is 0.219 e. The Balaban J connectivity index is 1.34. The lowest BCUT2D eigenvalue weighted by molar-refractivity contribution is 0.460. The number of phenols is 1. The fourth-order valence-corrected chi connectivity index (χ4v) is 5.64. The largest absolute Gasteiger partial charge is 0.506 e. The highest BCUT2D eigenvalue weighted by atomic mass is 16.5. The molecule has 0 unspecified atom stereocenters. The highest BCUT2D eigenvalue weighted by molar-refractivity contribution is 6.11. The average Bonchev–Trinajstić information content (AvgIpc) is 3.31. The molecule has 0 atom stereocenters. The summed E-state index contributed by atoms with van der Waals surface area (Å²) in [7, 11) is 0. The minimum atomic E-state index is -0.0324. The zero-order chi connectivity index (χ0) is 28.1. The van der Waals surface area contributed by atoms with Crippen LogP contribution in [-0.2, 0) is 5.41 Å². The molecule has 0 aliphatic carbocycles. The van der Waals surface area contributed by atoms with Crippen molar-refractivity contribution in [2.75, 3.05) is 0 Å². The smallest absolute Gasteiger partial charge is 0.219 e. The van der Waals surface area contributed by atoms with Gasteiger partial charge in [0.15, 0.2) is 0 Å². The molecule has 0 radical (unpaired) electrons. The van der Waals surface area contributed by atoms with Gasteiger partial charge < -0.3 is 9.84 Å². The SMILES string of the molecule is CC(C)(C)c1cccc2c1c1ccc(Oc3ccc4cc(-c5ccccc5)cc(O)c4n3)cc1n2-c1ccccn1. The van der Waals surface area contributed by atoms with E-state index in [1.165, 1.54) is 10.9 Å². The normalized spacial score (nSPS) is 11.9. The maximum atomic E-state index is 10.9. The molecule has 0 aliphatic rings. The van der Waals surface area contributed by atoms with Crippen LogP contribution in [0.3, 0.4) is 0 Å². The molecule has 5 nitrogen and oxygen atoms in total. The minimum Gasteiger partial charge on any atom is -0.506 e. The molecule has 0 fully saturated rings. The van der Waals surface area contributed by atoms with Crippen molar-refractivity contribution in [2.45, 2.75) is 26.2 Å². The summed E-state index contributed by atoms with van der Waals surface area (Å²) in [6, 6.07) is 36.1. The van der Waals surface area contributed by atoms with E-state index < -0.39 is 0 Å². The molecule has 7 rings (SSSR count). The highest BCUT2D eigenvalue weighted by Gasteiger charge is 2.22. The van der Waals surface area contributed by atoms with Crippen LogP contribution in [0.4, 0.5) is 0 Å². The zero-order valence-electron chi connectivity index (χ0n) is 23.2. The van der Waals surface area contributed by atoms with Crippen LogP contribution in [0.5, 0.6) is 17.4 Å². The van der Waals surface area contributed by atoms with Crippen LogP contribution in [0, 0.1) is 0 Å². The van der Waals surface area contributed by atoms with Gasteiger partial charge in [-0.25, -0.2) is 9.97 Å². The molecule has 3 aromatic heterocycles. The van der Waals surface area contributed by atoms with Crippen molar-refractivity contribution in [1.29, 1.82) is 0 Å². The van der Waals surface area contributed by atoms with Crippen molar-refractivity contribution < 1.29 is 9.84 Å². The molecule has 0 spiro atoms. The van der Waals surface area contributed by atoms with E-state index in [9.17, 15) is 5.11 Å². The van der Waals surface area contributed by atoms with Crippen molar-refractivity contribution in [1.82, 2.24) is 14.5 Å². The Morgan fingerprint density at radius 2 is 1.56 bits per heavy atom. The van der Waals surface area contributed by atoms with Crippen molar-refractivity contribution in [3.63, 3.8) is 0 Å². The van der Waals surface area contributed by atoms with Crippen LogP contribution in [0.15, 0.2) is 115 Å². The number of ether oxygens (including phenoxy) is 1. The van der Waals surface area contributed by atoms with Crippen molar-refractivity contribution in [3.8, 4) is 34.3 Å². The first kappa shape index (κ1) is 24.9. The van der Waals surface area contributed by atoms with Gasteiger partial charge in [0.1, 0.15) is 22.8 Å². The van der Waals surface area contributed by atoms with Gasteiger partial charge in [-0.2, -0.15) is 0 Å². The van der Waals surface area contributed by atoms with Crippen LogP contribution in [0.25, 0.3) is 49.7 Å². The summed E-state index contributed by atoms with van der Waals surface area (Å²) in [6.45, 7) is 6.73. The molecule has 5 heteroatoms. The fraction of sp³-hybridized carbons (Fsp3) is 0.111. The lowest BCUT2D eigenvalue weighted by Crippen LogP contribution is -2.11. The Hall–Kier alpha value is -5.16. The summed E-state index contributed by atoms with van der Waals surface area (Å²) in [5.74, 6) is 2.03. The van der Waals surface area contributed by atoms with Gasteiger partial charge in [-0.15, -0.1) is 0 Å². The molecular formula is C36H29N3O2.